The molecule has 0 aromatic rings. The van der Waals surface area contributed by atoms with E-state index >= 15 is 0 Å². The van der Waals surface area contributed by atoms with Gasteiger partial charge in [0.1, 0.15) is 0 Å². The van der Waals surface area contributed by atoms with Crippen molar-refractivity contribution in [2.24, 2.45) is 11.8 Å². The third kappa shape index (κ3) is 7.12. The Morgan fingerprint density at radius 3 is 1.77 bits per heavy atom. The monoisotopic (exact) mass is 346 g/mol. The van der Waals surface area contributed by atoms with Gasteiger partial charge in [0.05, 0.1) is 18.8 Å². The fraction of sp³-hybridized carbons (Fsp3) is 1.00. The van der Waals surface area contributed by atoms with Gasteiger partial charge in [-0.3, -0.25) is 0 Å². The summed E-state index contributed by atoms with van der Waals surface area (Å²) in [6.45, 7) is 4.13. The van der Waals surface area contributed by atoms with Crippen molar-refractivity contribution in [1.29, 1.82) is 0 Å². The molecule has 0 amide bonds. The van der Waals surface area contributed by atoms with Crippen LogP contribution in [0.15, 0.2) is 0 Å². The summed E-state index contributed by atoms with van der Waals surface area (Å²) in [6, 6.07) is 0. The highest BCUT2D eigenvalue weighted by Gasteiger charge is 2.27. The molecule has 0 aliphatic heterocycles. The molecule has 0 saturated heterocycles. The van der Waals surface area contributed by atoms with Gasteiger partial charge in [0.25, 0.3) is 0 Å². The third-order valence-corrected chi connectivity index (χ3v) is 6.77. The van der Waals surface area contributed by atoms with Crippen molar-refractivity contribution < 1.29 is 9.47 Å². The lowest BCUT2D eigenvalue weighted by atomic mass is 9.76. The Hall–Kier alpha value is 0.780. The van der Waals surface area contributed by atoms with Gasteiger partial charge in [0, 0.05) is 6.61 Å². The maximum atomic E-state index is 5.99. The van der Waals surface area contributed by atoms with Gasteiger partial charge in [-0.1, -0.05) is 6.92 Å². The van der Waals surface area contributed by atoms with Crippen LogP contribution < -0.4 is 0 Å². The van der Waals surface area contributed by atoms with Crippen molar-refractivity contribution in [3.63, 3.8) is 0 Å². The van der Waals surface area contributed by atoms with E-state index in [1.165, 1.54) is 63.9 Å². The molecule has 2 saturated carbocycles. The average Bonchev–Trinajstić information content (AvgIpc) is 2.56. The molecule has 22 heavy (non-hydrogen) atoms. The van der Waals surface area contributed by atoms with Crippen molar-refractivity contribution in [2.75, 3.05) is 19.4 Å². The molecule has 2 nitrogen and oxygen atoms in total. The highest BCUT2D eigenvalue weighted by atomic mass is 32.0. The summed E-state index contributed by atoms with van der Waals surface area (Å²) < 4.78 is 11.9. The van der Waals surface area contributed by atoms with Gasteiger partial charge < -0.3 is 9.47 Å². The number of hydrogen-bond donors (Lipinski definition) is 0. The number of ether oxygens (including phenoxy) is 2. The van der Waals surface area contributed by atoms with Crippen LogP contribution in [-0.4, -0.2) is 31.6 Å². The van der Waals surface area contributed by atoms with Gasteiger partial charge in [-0.25, -0.2) is 0 Å². The molecule has 130 valence electrons. The maximum absolute atomic E-state index is 5.99. The molecule has 0 aromatic carbocycles. The Balaban J connectivity index is 1.55. The van der Waals surface area contributed by atoms with Crippen LogP contribution in [0, 0.1) is 11.8 Å². The van der Waals surface area contributed by atoms with Gasteiger partial charge in [-0.2, -0.15) is 0 Å². The fourth-order valence-electron chi connectivity index (χ4n) is 4.11. The van der Waals surface area contributed by atoms with Gasteiger partial charge >= 0.3 is 0 Å². The Kier molecular flexibility index (Phi) is 9.86. The lowest BCUT2D eigenvalue weighted by Crippen LogP contribution is -2.26. The summed E-state index contributed by atoms with van der Waals surface area (Å²) in [5.41, 5.74) is 0. The van der Waals surface area contributed by atoms with Gasteiger partial charge in [0.15, 0.2) is 0 Å². The topological polar surface area (TPSA) is 18.5 Å². The van der Waals surface area contributed by atoms with E-state index in [0.29, 0.717) is 12.2 Å². The van der Waals surface area contributed by atoms with Crippen molar-refractivity contribution in [1.82, 2.24) is 0 Å². The number of hydrogen-bond acceptors (Lipinski definition) is 2. The van der Waals surface area contributed by atoms with Crippen molar-refractivity contribution in [2.45, 2.75) is 83.3 Å². The van der Waals surface area contributed by atoms with Crippen molar-refractivity contribution >= 4 is 17.2 Å². The normalized spacial score (nSPS) is 33.5. The molecule has 2 rings (SSSR count). The van der Waals surface area contributed by atoms with Gasteiger partial charge in [-0.05, 0) is 82.2 Å². The highest BCUT2D eigenvalue weighted by Crippen LogP contribution is 2.36. The van der Waals surface area contributed by atoms with E-state index in [0.717, 1.165) is 39.7 Å². The summed E-state index contributed by atoms with van der Waals surface area (Å²) in [5.74, 6) is 1.95. The average molecular weight is 346 g/mol. The molecule has 2 fully saturated rings. The van der Waals surface area contributed by atoms with Crippen LogP contribution in [0.1, 0.15) is 71.1 Å². The lowest BCUT2D eigenvalue weighted by Gasteiger charge is -2.34. The second-order valence-electron chi connectivity index (χ2n) is 7.22. The quantitative estimate of drug-likeness (QED) is 0.411. The minimum Gasteiger partial charge on any atom is -0.378 e. The zero-order chi connectivity index (χ0) is 15.6. The predicted molar refractivity (Wildman–Crippen MR) is 101 cm³/mol. The minimum atomic E-state index is 0.566. The first kappa shape index (κ1) is 19.1. The molecule has 0 spiro atoms. The summed E-state index contributed by atoms with van der Waals surface area (Å²) in [7, 11) is 3.77. The van der Waals surface area contributed by atoms with Crippen molar-refractivity contribution in [3.05, 3.63) is 0 Å². The molecule has 0 bridgehead atoms. The molecule has 2 atom stereocenters. The van der Waals surface area contributed by atoms with Crippen LogP contribution in [-0.2, 0) is 9.47 Å². The van der Waals surface area contributed by atoms with Crippen LogP contribution in [0.5, 0.6) is 0 Å². The molecule has 2 aliphatic carbocycles. The van der Waals surface area contributed by atoms with Crippen LogP contribution in [0.2, 0.25) is 0 Å². The molecule has 0 heterocycles. The second kappa shape index (κ2) is 11.4. The van der Waals surface area contributed by atoms with Crippen LogP contribution >= 0.6 is 17.2 Å². The summed E-state index contributed by atoms with van der Waals surface area (Å²) in [6.07, 6.45) is 15.8. The van der Waals surface area contributed by atoms with Gasteiger partial charge in [0.2, 0.25) is 0 Å². The Morgan fingerprint density at radius 1 is 0.818 bits per heavy atom. The molecular weight excluding hydrogens is 310 g/mol. The molecule has 4 heteroatoms. The fourth-order valence-corrected chi connectivity index (χ4v) is 4.70. The van der Waals surface area contributed by atoms with Crippen LogP contribution in [0.4, 0.5) is 0 Å². The lowest BCUT2D eigenvalue weighted by molar-refractivity contribution is 0.00795. The smallest absolute Gasteiger partial charge is 0.0575 e. The Morgan fingerprint density at radius 2 is 1.32 bits per heavy atom. The summed E-state index contributed by atoms with van der Waals surface area (Å²) in [5, 5.41) is 0. The predicted octanol–water partition coefficient (Wildman–Crippen LogP) is 5.41. The molecule has 2 unspecified atom stereocenters. The zero-order valence-corrected chi connectivity index (χ0v) is 16.6. The first-order valence-electron chi connectivity index (χ1n) is 9.48. The van der Waals surface area contributed by atoms with E-state index < -0.39 is 0 Å². The first-order valence-corrected chi connectivity index (χ1v) is 12.5. The third-order valence-electron chi connectivity index (χ3n) is 5.41. The van der Waals surface area contributed by atoms with Gasteiger partial charge in [-0.15, -0.1) is 17.2 Å². The van der Waals surface area contributed by atoms with E-state index in [2.05, 4.69) is 15.9 Å². The van der Waals surface area contributed by atoms with Crippen LogP contribution in [0.3, 0.4) is 0 Å². The van der Waals surface area contributed by atoms with E-state index in [1.807, 2.05) is 0 Å². The molecule has 0 radical (unpaired) electrons. The SMILES string of the molecule is CCCOC1CCC(CC2CCC(OCCPP)CC2)CC1. The zero-order valence-electron chi connectivity index (χ0n) is 14.4. The molecule has 0 aromatic heterocycles. The second-order valence-corrected chi connectivity index (χ2v) is 9.35. The highest BCUT2D eigenvalue weighted by molar-refractivity contribution is 8.02. The number of rotatable bonds is 9. The van der Waals surface area contributed by atoms with Crippen molar-refractivity contribution in [3.8, 4) is 0 Å². The van der Waals surface area contributed by atoms with E-state index in [4.69, 9.17) is 9.47 Å². The largest absolute Gasteiger partial charge is 0.378 e. The summed E-state index contributed by atoms with van der Waals surface area (Å²) >= 11 is 0. The van der Waals surface area contributed by atoms with E-state index in [-0.39, 0.29) is 0 Å². The minimum absolute atomic E-state index is 0.566. The molecule has 0 N–H and O–H groups in total. The maximum Gasteiger partial charge on any atom is 0.0575 e. The Labute approximate surface area is 141 Å². The Bertz CT molecular complexity index is 272. The molecule has 2 aliphatic rings. The van der Waals surface area contributed by atoms with E-state index in [1.54, 1.807) is 0 Å². The molecular formula is C18H36O2P2. The standard InChI is InChI=1S/C18H36O2P2/c1-2-11-19-17-7-3-15(4-8-17)14-16-5-9-18(10-6-16)20-12-13-22-21/h15-18,22H,2-14,21H2,1H3. The van der Waals surface area contributed by atoms with Crippen LogP contribution in [0.25, 0.3) is 0 Å². The summed E-state index contributed by atoms with van der Waals surface area (Å²) in [4.78, 5) is 0. The first-order chi connectivity index (χ1) is 10.8. The van der Waals surface area contributed by atoms with E-state index in [9.17, 15) is 0 Å².